The van der Waals surface area contributed by atoms with Gasteiger partial charge in [-0.1, -0.05) is 26.3 Å². The first-order chi connectivity index (χ1) is 6.27. The van der Waals surface area contributed by atoms with Crippen molar-refractivity contribution in [1.82, 2.24) is 4.90 Å². The summed E-state index contributed by atoms with van der Waals surface area (Å²) in [6, 6.07) is 0. The van der Waals surface area contributed by atoms with Gasteiger partial charge in [0, 0.05) is 13.1 Å². The lowest BCUT2D eigenvalue weighted by Gasteiger charge is -2.22. The van der Waals surface area contributed by atoms with Crippen LogP contribution in [0, 0.1) is 5.92 Å². The standard InChI is InChI=1S/C11H19NO/c1-3-10-7-5-6-8-12(9-10)11(13)4-2/h4,10H,2-3,5-9H2,1H3. The van der Waals surface area contributed by atoms with Crippen molar-refractivity contribution in [3.63, 3.8) is 0 Å². The van der Waals surface area contributed by atoms with Crippen LogP contribution in [0.3, 0.4) is 0 Å². The predicted molar refractivity (Wildman–Crippen MR) is 54.4 cm³/mol. The largest absolute Gasteiger partial charge is 0.339 e. The second-order valence-electron chi connectivity index (χ2n) is 3.76. The summed E-state index contributed by atoms with van der Waals surface area (Å²) in [5.41, 5.74) is 0. The second-order valence-corrected chi connectivity index (χ2v) is 3.76. The van der Waals surface area contributed by atoms with E-state index in [0.29, 0.717) is 5.92 Å². The number of hydrogen-bond donors (Lipinski definition) is 0. The van der Waals surface area contributed by atoms with Crippen LogP contribution < -0.4 is 0 Å². The molecule has 0 aromatic carbocycles. The van der Waals surface area contributed by atoms with Gasteiger partial charge in [0.25, 0.3) is 0 Å². The minimum Gasteiger partial charge on any atom is -0.339 e. The fourth-order valence-corrected chi connectivity index (χ4v) is 1.89. The van der Waals surface area contributed by atoms with Crippen LogP contribution in [0.5, 0.6) is 0 Å². The molecule has 2 nitrogen and oxygen atoms in total. The molecule has 13 heavy (non-hydrogen) atoms. The first kappa shape index (κ1) is 10.3. The summed E-state index contributed by atoms with van der Waals surface area (Å²) in [4.78, 5) is 13.3. The van der Waals surface area contributed by atoms with E-state index in [0.717, 1.165) is 19.5 Å². The molecule has 0 spiro atoms. The van der Waals surface area contributed by atoms with Crippen LogP contribution in [0.1, 0.15) is 32.6 Å². The maximum Gasteiger partial charge on any atom is 0.245 e. The third kappa shape index (κ3) is 2.87. The molecule has 1 amide bonds. The highest BCUT2D eigenvalue weighted by molar-refractivity contribution is 5.86. The Morgan fingerprint density at radius 3 is 3.00 bits per heavy atom. The first-order valence-electron chi connectivity index (χ1n) is 5.19. The number of hydrogen-bond acceptors (Lipinski definition) is 1. The Labute approximate surface area is 80.6 Å². The Hall–Kier alpha value is -0.790. The lowest BCUT2D eigenvalue weighted by molar-refractivity contribution is -0.126. The van der Waals surface area contributed by atoms with E-state index < -0.39 is 0 Å². The average Bonchev–Trinajstić information content (AvgIpc) is 2.41. The first-order valence-corrected chi connectivity index (χ1v) is 5.19. The summed E-state index contributed by atoms with van der Waals surface area (Å²) in [5.74, 6) is 0.798. The van der Waals surface area contributed by atoms with Crippen molar-refractivity contribution < 1.29 is 4.79 Å². The van der Waals surface area contributed by atoms with Crippen LogP contribution in [0.25, 0.3) is 0 Å². The molecule has 74 valence electrons. The number of carbonyl (C=O) groups excluding carboxylic acids is 1. The third-order valence-electron chi connectivity index (χ3n) is 2.83. The van der Waals surface area contributed by atoms with Crippen LogP contribution in [-0.4, -0.2) is 23.9 Å². The lowest BCUT2D eigenvalue weighted by atomic mass is 10.0. The average molecular weight is 181 g/mol. The summed E-state index contributed by atoms with van der Waals surface area (Å²) >= 11 is 0. The third-order valence-corrected chi connectivity index (χ3v) is 2.83. The Morgan fingerprint density at radius 1 is 1.62 bits per heavy atom. The zero-order valence-corrected chi connectivity index (χ0v) is 8.46. The molecule has 1 aliphatic heterocycles. The fourth-order valence-electron chi connectivity index (χ4n) is 1.89. The number of carbonyl (C=O) groups is 1. The van der Waals surface area contributed by atoms with Crippen molar-refractivity contribution in [3.05, 3.63) is 12.7 Å². The molecular weight excluding hydrogens is 162 g/mol. The molecule has 1 rings (SSSR count). The number of rotatable bonds is 2. The molecule has 0 bridgehead atoms. The zero-order chi connectivity index (χ0) is 9.68. The molecule has 1 aliphatic rings. The monoisotopic (exact) mass is 181 g/mol. The van der Waals surface area contributed by atoms with E-state index in [-0.39, 0.29) is 5.91 Å². The van der Waals surface area contributed by atoms with E-state index in [4.69, 9.17) is 0 Å². The van der Waals surface area contributed by atoms with E-state index >= 15 is 0 Å². The van der Waals surface area contributed by atoms with Gasteiger partial charge in [-0.25, -0.2) is 0 Å². The van der Waals surface area contributed by atoms with Gasteiger partial charge in [-0.2, -0.15) is 0 Å². The van der Waals surface area contributed by atoms with Gasteiger partial charge >= 0.3 is 0 Å². The minimum absolute atomic E-state index is 0.0975. The van der Waals surface area contributed by atoms with Gasteiger partial charge in [-0.05, 0) is 24.8 Å². The zero-order valence-electron chi connectivity index (χ0n) is 8.46. The normalized spacial score (nSPS) is 23.8. The molecule has 1 fully saturated rings. The van der Waals surface area contributed by atoms with E-state index in [9.17, 15) is 4.79 Å². The number of nitrogens with zero attached hydrogens (tertiary/aromatic N) is 1. The van der Waals surface area contributed by atoms with E-state index in [1.54, 1.807) is 0 Å². The van der Waals surface area contributed by atoms with E-state index in [2.05, 4.69) is 13.5 Å². The highest BCUT2D eigenvalue weighted by Gasteiger charge is 2.18. The summed E-state index contributed by atoms with van der Waals surface area (Å²) in [6.45, 7) is 7.58. The molecule has 0 N–H and O–H groups in total. The summed E-state index contributed by atoms with van der Waals surface area (Å²) in [5, 5.41) is 0. The minimum atomic E-state index is 0.0975. The van der Waals surface area contributed by atoms with Crippen molar-refractivity contribution in [2.24, 2.45) is 5.92 Å². The van der Waals surface area contributed by atoms with Crippen LogP contribution >= 0.6 is 0 Å². The maximum atomic E-state index is 11.4. The van der Waals surface area contributed by atoms with Crippen molar-refractivity contribution in [2.45, 2.75) is 32.6 Å². The van der Waals surface area contributed by atoms with Gasteiger partial charge in [0.1, 0.15) is 0 Å². The SMILES string of the molecule is C=CC(=O)N1CCCCC(CC)C1. The summed E-state index contributed by atoms with van der Waals surface area (Å²) in [6.07, 6.45) is 6.30. The van der Waals surface area contributed by atoms with E-state index in [1.165, 1.54) is 25.3 Å². The van der Waals surface area contributed by atoms with Crippen LogP contribution in [-0.2, 0) is 4.79 Å². The highest BCUT2D eigenvalue weighted by Crippen LogP contribution is 2.18. The second kappa shape index (κ2) is 5.05. The smallest absolute Gasteiger partial charge is 0.245 e. The molecular formula is C11H19NO. The summed E-state index contributed by atoms with van der Waals surface area (Å²) < 4.78 is 0. The lowest BCUT2D eigenvalue weighted by Crippen LogP contribution is -2.33. The molecule has 0 radical (unpaired) electrons. The predicted octanol–water partition coefficient (Wildman–Crippen LogP) is 2.21. The van der Waals surface area contributed by atoms with Crippen molar-refractivity contribution >= 4 is 5.91 Å². The van der Waals surface area contributed by atoms with Gasteiger partial charge in [0.2, 0.25) is 5.91 Å². The van der Waals surface area contributed by atoms with E-state index in [1.807, 2.05) is 4.90 Å². The van der Waals surface area contributed by atoms with Gasteiger partial charge in [-0.15, -0.1) is 0 Å². The van der Waals surface area contributed by atoms with Crippen LogP contribution in [0.4, 0.5) is 0 Å². The molecule has 1 saturated heterocycles. The Balaban J connectivity index is 2.53. The quantitative estimate of drug-likeness (QED) is 0.598. The van der Waals surface area contributed by atoms with Gasteiger partial charge in [0.05, 0.1) is 0 Å². The van der Waals surface area contributed by atoms with Crippen LogP contribution in [0.2, 0.25) is 0 Å². The topological polar surface area (TPSA) is 20.3 Å². The maximum absolute atomic E-state index is 11.4. The molecule has 2 heteroatoms. The number of likely N-dealkylation sites (tertiary alicyclic amines) is 1. The Bertz CT molecular complexity index is 189. The Morgan fingerprint density at radius 2 is 2.38 bits per heavy atom. The molecule has 0 aromatic rings. The van der Waals surface area contributed by atoms with Gasteiger partial charge in [-0.3, -0.25) is 4.79 Å². The van der Waals surface area contributed by atoms with Crippen molar-refractivity contribution in [2.75, 3.05) is 13.1 Å². The number of amides is 1. The van der Waals surface area contributed by atoms with Gasteiger partial charge < -0.3 is 4.90 Å². The molecule has 0 saturated carbocycles. The highest BCUT2D eigenvalue weighted by atomic mass is 16.2. The van der Waals surface area contributed by atoms with Crippen LogP contribution in [0.15, 0.2) is 12.7 Å². The van der Waals surface area contributed by atoms with Crippen molar-refractivity contribution in [3.8, 4) is 0 Å². The molecule has 0 aliphatic carbocycles. The van der Waals surface area contributed by atoms with Gasteiger partial charge in [0.15, 0.2) is 0 Å². The molecule has 1 heterocycles. The van der Waals surface area contributed by atoms with Crippen molar-refractivity contribution in [1.29, 1.82) is 0 Å². The summed E-state index contributed by atoms with van der Waals surface area (Å²) in [7, 11) is 0. The Kier molecular flexibility index (Phi) is 4.00. The fraction of sp³-hybridized carbons (Fsp3) is 0.727. The molecule has 1 atom stereocenters. The molecule has 1 unspecified atom stereocenters. The molecule has 0 aromatic heterocycles.